The number of carbonyl (C=O) groups is 1. The molecule has 4 nitrogen and oxygen atoms in total. The Morgan fingerprint density at radius 2 is 2.00 bits per heavy atom. The number of thiol groups is 1. The zero-order valence-electron chi connectivity index (χ0n) is 8.59. The predicted octanol–water partition coefficient (Wildman–Crippen LogP) is 2.16. The van der Waals surface area contributed by atoms with E-state index in [0.717, 1.165) is 0 Å². The fraction of sp³-hybridized carbons (Fsp3) is 0. The largest absolute Gasteiger partial charge is 0.319 e. The van der Waals surface area contributed by atoms with Gasteiger partial charge in [-0.05, 0) is 18.2 Å². The van der Waals surface area contributed by atoms with Crippen molar-refractivity contribution in [3.05, 3.63) is 48.3 Å². The number of aromatic nitrogens is 2. The van der Waals surface area contributed by atoms with Crippen LogP contribution in [0.2, 0.25) is 0 Å². The molecular formula is C11H8FN3OS. The van der Waals surface area contributed by atoms with Crippen molar-refractivity contribution < 1.29 is 9.18 Å². The number of anilines is 1. The van der Waals surface area contributed by atoms with E-state index in [4.69, 9.17) is 0 Å². The molecule has 0 aliphatic heterocycles. The Bertz CT molecular complexity index is 548. The van der Waals surface area contributed by atoms with Crippen LogP contribution in [0.25, 0.3) is 0 Å². The smallest absolute Gasteiger partial charge is 0.258 e. The Labute approximate surface area is 102 Å². The van der Waals surface area contributed by atoms with Gasteiger partial charge in [0.2, 0.25) is 0 Å². The molecule has 1 N–H and O–H groups in total. The Balaban J connectivity index is 2.23. The highest BCUT2D eigenvalue weighted by atomic mass is 32.1. The number of rotatable bonds is 2. The zero-order valence-corrected chi connectivity index (χ0v) is 9.49. The first-order chi connectivity index (χ1) is 8.16. The van der Waals surface area contributed by atoms with E-state index in [0.29, 0.717) is 10.6 Å². The molecule has 0 saturated carbocycles. The molecule has 0 aliphatic rings. The summed E-state index contributed by atoms with van der Waals surface area (Å²) >= 11 is 4.05. The zero-order chi connectivity index (χ0) is 12.3. The highest BCUT2D eigenvalue weighted by molar-refractivity contribution is 7.80. The molecule has 0 atom stereocenters. The van der Waals surface area contributed by atoms with Crippen molar-refractivity contribution in [1.29, 1.82) is 0 Å². The first kappa shape index (κ1) is 11.5. The molecule has 0 radical (unpaired) electrons. The minimum atomic E-state index is -0.600. The van der Waals surface area contributed by atoms with Gasteiger partial charge >= 0.3 is 0 Å². The van der Waals surface area contributed by atoms with Crippen LogP contribution >= 0.6 is 12.6 Å². The molecule has 86 valence electrons. The second-order valence-corrected chi connectivity index (χ2v) is 3.76. The molecule has 6 heteroatoms. The molecule has 1 heterocycles. The maximum Gasteiger partial charge on any atom is 0.258 e. The number of carbonyl (C=O) groups excluding carboxylic acids is 1. The molecule has 2 aromatic rings. The van der Waals surface area contributed by atoms with Gasteiger partial charge < -0.3 is 5.32 Å². The van der Waals surface area contributed by atoms with Gasteiger partial charge in [-0.2, -0.15) is 0 Å². The topological polar surface area (TPSA) is 54.9 Å². The maximum absolute atomic E-state index is 13.4. The van der Waals surface area contributed by atoms with Gasteiger partial charge in [0.15, 0.2) is 0 Å². The van der Waals surface area contributed by atoms with Gasteiger partial charge in [-0.25, -0.2) is 14.4 Å². The van der Waals surface area contributed by atoms with Crippen molar-refractivity contribution in [1.82, 2.24) is 9.97 Å². The highest BCUT2D eigenvalue weighted by Crippen LogP contribution is 2.15. The lowest BCUT2D eigenvalue weighted by molar-refractivity contribution is 0.102. The summed E-state index contributed by atoms with van der Waals surface area (Å²) in [6, 6.07) is 4.02. The van der Waals surface area contributed by atoms with Crippen LogP contribution in [0.15, 0.2) is 41.8 Å². The Kier molecular flexibility index (Phi) is 3.34. The molecule has 1 aromatic carbocycles. The van der Waals surface area contributed by atoms with E-state index in [-0.39, 0.29) is 5.56 Å². The molecule has 0 saturated heterocycles. The van der Waals surface area contributed by atoms with E-state index in [1.165, 1.54) is 36.9 Å². The van der Waals surface area contributed by atoms with Crippen molar-refractivity contribution in [2.45, 2.75) is 4.90 Å². The predicted molar refractivity (Wildman–Crippen MR) is 63.6 cm³/mol. The molecule has 0 unspecified atom stereocenters. The number of benzene rings is 1. The van der Waals surface area contributed by atoms with Crippen molar-refractivity contribution in [2.24, 2.45) is 0 Å². The number of amides is 1. The van der Waals surface area contributed by atoms with E-state index in [2.05, 4.69) is 27.9 Å². The Hall–Kier alpha value is -1.95. The summed E-state index contributed by atoms with van der Waals surface area (Å²) in [6.45, 7) is 0. The SMILES string of the molecule is O=C(Nc1cncnc1)c1cc(S)ccc1F. The molecular weight excluding hydrogens is 241 g/mol. The van der Waals surface area contributed by atoms with Gasteiger partial charge in [0.1, 0.15) is 12.1 Å². The summed E-state index contributed by atoms with van der Waals surface area (Å²) in [4.78, 5) is 19.7. The first-order valence-corrected chi connectivity index (χ1v) is 5.16. The number of nitrogens with one attached hydrogen (secondary N) is 1. The standard InChI is InChI=1S/C11H8FN3OS/c12-10-2-1-8(17)3-9(10)11(16)15-7-4-13-6-14-5-7/h1-6,17H,(H,15,16). The normalized spacial score (nSPS) is 10.0. The Morgan fingerprint density at radius 1 is 1.29 bits per heavy atom. The third-order valence-electron chi connectivity index (χ3n) is 2.01. The van der Waals surface area contributed by atoms with E-state index >= 15 is 0 Å². The second-order valence-electron chi connectivity index (χ2n) is 3.25. The van der Waals surface area contributed by atoms with E-state index in [1.807, 2.05) is 0 Å². The van der Waals surface area contributed by atoms with Crippen molar-refractivity contribution in [3.8, 4) is 0 Å². The van der Waals surface area contributed by atoms with Crippen molar-refractivity contribution in [3.63, 3.8) is 0 Å². The average molecular weight is 249 g/mol. The molecule has 0 fully saturated rings. The monoisotopic (exact) mass is 249 g/mol. The third-order valence-corrected chi connectivity index (χ3v) is 2.29. The van der Waals surface area contributed by atoms with E-state index in [9.17, 15) is 9.18 Å². The summed E-state index contributed by atoms with van der Waals surface area (Å²) in [5.74, 6) is -1.16. The summed E-state index contributed by atoms with van der Waals surface area (Å²) in [7, 11) is 0. The van der Waals surface area contributed by atoms with Gasteiger partial charge in [-0.15, -0.1) is 12.6 Å². The molecule has 2 rings (SSSR count). The molecule has 17 heavy (non-hydrogen) atoms. The molecule has 1 aromatic heterocycles. The van der Waals surface area contributed by atoms with Crippen molar-refractivity contribution >= 4 is 24.2 Å². The van der Waals surface area contributed by atoms with Gasteiger partial charge in [0.25, 0.3) is 5.91 Å². The fourth-order valence-corrected chi connectivity index (χ4v) is 1.45. The van der Waals surface area contributed by atoms with Crippen LogP contribution in [-0.4, -0.2) is 15.9 Å². The van der Waals surface area contributed by atoms with Gasteiger partial charge in [-0.3, -0.25) is 4.79 Å². The van der Waals surface area contributed by atoms with Gasteiger partial charge in [-0.1, -0.05) is 0 Å². The lowest BCUT2D eigenvalue weighted by Crippen LogP contribution is -2.14. The second kappa shape index (κ2) is 4.92. The minimum absolute atomic E-state index is 0.0682. The van der Waals surface area contributed by atoms with Crippen LogP contribution in [0.4, 0.5) is 10.1 Å². The van der Waals surface area contributed by atoms with Crippen molar-refractivity contribution in [2.75, 3.05) is 5.32 Å². The minimum Gasteiger partial charge on any atom is -0.319 e. The summed E-state index contributed by atoms with van der Waals surface area (Å²) < 4.78 is 13.4. The Morgan fingerprint density at radius 3 is 2.71 bits per heavy atom. The quantitative estimate of drug-likeness (QED) is 0.802. The lowest BCUT2D eigenvalue weighted by Gasteiger charge is -2.05. The fourth-order valence-electron chi connectivity index (χ4n) is 1.25. The molecule has 1 amide bonds. The molecule has 0 aliphatic carbocycles. The average Bonchev–Trinajstić information content (AvgIpc) is 2.33. The first-order valence-electron chi connectivity index (χ1n) is 4.71. The summed E-state index contributed by atoms with van der Waals surface area (Å²) in [5.41, 5.74) is 0.336. The van der Waals surface area contributed by atoms with Crippen LogP contribution in [0.3, 0.4) is 0 Å². The third kappa shape index (κ3) is 2.79. The van der Waals surface area contributed by atoms with Crippen LogP contribution in [0.5, 0.6) is 0 Å². The van der Waals surface area contributed by atoms with Crippen LogP contribution < -0.4 is 5.32 Å². The van der Waals surface area contributed by atoms with Crippen LogP contribution in [-0.2, 0) is 0 Å². The summed E-state index contributed by atoms with van der Waals surface area (Å²) in [6.07, 6.45) is 4.19. The highest BCUT2D eigenvalue weighted by Gasteiger charge is 2.12. The summed E-state index contributed by atoms with van der Waals surface area (Å²) in [5, 5.41) is 2.49. The number of halogens is 1. The maximum atomic E-state index is 13.4. The van der Waals surface area contributed by atoms with E-state index < -0.39 is 11.7 Å². The number of hydrogen-bond donors (Lipinski definition) is 2. The lowest BCUT2D eigenvalue weighted by atomic mass is 10.2. The molecule has 0 spiro atoms. The number of nitrogens with zero attached hydrogens (tertiary/aromatic N) is 2. The van der Waals surface area contributed by atoms with E-state index in [1.54, 1.807) is 0 Å². The number of hydrogen-bond acceptors (Lipinski definition) is 4. The van der Waals surface area contributed by atoms with Gasteiger partial charge in [0, 0.05) is 4.90 Å². The van der Waals surface area contributed by atoms with Crippen LogP contribution in [0.1, 0.15) is 10.4 Å². The van der Waals surface area contributed by atoms with Gasteiger partial charge in [0.05, 0.1) is 23.6 Å². The molecule has 0 bridgehead atoms. The van der Waals surface area contributed by atoms with Crippen LogP contribution in [0, 0.1) is 5.82 Å².